The Morgan fingerprint density at radius 2 is 1.04 bits per heavy atom. The Hall–Kier alpha value is -0.840. The van der Waals surface area contributed by atoms with Crippen molar-refractivity contribution < 1.29 is 40.3 Å². The van der Waals surface area contributed by atoms with Crippen LogP contribution in [0.2, 0.25) is 0 Å². The van der Waals surface area contributed by atoms with Gasteiger partial charge < -0.3 is 10.2 Å². The summed E-state index contributed by atoms with van der Waals surface area (Å²) in [6.07, 6.45) is 8.49. The second-order valence-electron chi connectivity index (χ2n) is 6.04. The number of rotatable bonds is 17. The van der Waals surface area contributed by atoms with Gasteiger partial charge in [-0.05, 0) is 25.0 Å². The quantitative estimate of drug-likeness (QED) is 0.0997. The van der Waals surface area contributed by atoms with E-state index < -0.39 is 24.8 Å². The molecule has 0 aliphatic heterocycles. The monoisotopic (exact) mass is 378 g/mol. The number of aliphatic hydroxyl groups is 2. The summed E-state index contributed by atoms with van der Waals surface area (Å²) in [7, 11) is 0. The third-order valence-electron chi connectivity index (χ3n) is 3.64. The van der Waals surface area contributed by atoms with E-state index in [1.807, 2.05) is 0 Å². The Labute approximate surface area is 155 Å². The molecule has 0 fully saturated rings. The molecule has 4 atom stereocenters. The number of aliphatic hydroxyl groups excluding tert-OH is 2. The molecule has 0 aromatic rings. The van der Waals surface area contributed by atoms with Crippen LogP contribution in [0.3, 0.4) is 0 Å². The van der Waals surface area contributed by atoms with Gasteiger partial charge in [-0.15, -0.1) is 0 Å². The van der Waals surface area contributed by atoms with E-state index in [1.54, 1.807) is 0 Å². The lowest BCUT2D eigenvalue weighted by atomic mass is 10.1. The zero-order valence-electron chi connectivity index (χ0n) is 15.7. The third-order valence-corrected chi connectivity index (χ3v) is 3.64. The maximum absolute atomic E-state index is 9.75. The molecule has 4 unspecified atom stereocenters. The molecule has 8 nitrogen and oxygen atoms in total. The van der Waals surface area contributed by atoms with Crippen molar-refractivity contribution in [2.24, 2.45) is 0 Å². The van der Waals surface area contributed by atoms with Gasteiger partial charge in [-0.2, -0.15) is 19.6 Å². The molecule has 0 saturated heterocycles. The molecular formula is C18H34O8. The van der Waals surface area contributed by atoms with E-state index in [4.69, 9.17) is 20.3 Å². The van der Waals surface area contributed by atoms with Crippen molar-refractivity contribution in [3.63, 3.8) is 0 Å². The minimum atomic E-state index is -1.31. The van der Waals surface area contributed by atoms with Crippen LogP contribution in [0.1, 0.15) is 65.2 Å². The summed E-state index contributed by atoms with van der Waals surface area (Å²) in [5, 5.41) is 37.1. The van der Waals surface area contributed by atoms with Crippen molar-refractivity contribution in [2.75, 3.05) is 0 Å². The molecule has 154 valence electrons. The fourth-order valence-corrected chi connectivity index (χ4v) is 2.12. The Balaban J connectivity index is 4.23. The zero-order chi connectivity index (χ0) is 19.6. The van der Waals surface area contributed by atoms with Crippen LogP contribution >= 0.6 is 0 Å². The van der Waals surface area contributed by atoms with E-state index in [1.165, 1.54) is 24.3 Å². The predicted octanol–water partition coefficient (Wildman–Crippen LogP) is 3.56. The lowest BCUT2D eigenvalue weighted by Gasteiger charge is -2.14. The summed E-state index contributed by atoms with van der Waals surface area (Å²) in [5.41, 5.74) is 0. The first-order valence-electron chi connectivity index (χ1n) is 9.22. The number of unbranched alkanes of at least 4 members (excludes halogenated alkanes) is 4. The van der Waals surface area contributed by atoms with Crippen LogP contribution in [0.4, 0.5) is 0 Å². The topological polar surface area (TPSA) is 118 Å². The average Bonchev–Trinajstić information content (AvgIpc) is 2.64. The van der Waals surface area contributed by atoms with Gasteiger partial charge in [0.15, 0.2) is 0 Å². The van der Waals surface area contributed by atoms with Crippen molar-refractivity contribution >= 4 is 0 Å². The van der Waals surface area contributed by atoms with Gasteiger partial charge in [0.1, 0.15) is 0 Å². The lowest BCUT2D eigenvalue weighted by Crippen LogP contribution is -2.21. The first-order chi connectivity index (χ1) is 12.6. The van der Waals surface area contributed by atoms with Gasteiger partial charge in [-0.1, -0.05) is 64.5 Å². The first kappa shape index (κ1) is 25.2. The van der Waals surface area contributed by atoms with Crippen LogP contribution in [0, 0.1) is 0 Å². The summed E-state index contributed by atoms with van der Waals surface area (Å²) in [6.45, 7) is 4.14. The van der Waals surface area contributed by atoms with Gasteiger partial charge in [-0.25, -0.2) is 10.5 Å². The van der Waals surface area contributed by atoms with Gasteiger partial charge in [0.25, 0.3) is 0 Å². The summed E-state index contributed by atoms with van der Waals surface area (Å²) in [6, 6.07) is 0. The summed E-state index contributed by atoms with van der Waals surface area (Å²) in [4.78, 5) is 17.6. The van der Waals surface area contributed by atoms with Crippen LogP contribution in [0.5, 0.6) is 0 Å². The largest absolute Gasteiger partial charge is 0.389 e. The second kappa shape index (κ2) is 17.6. The van der Waals surface area contributed by atoms with Crippen molar-refractivity contribution in [2.45, 2.75) is 90.0 Å². The molecular weight excluding hydrogens is 344 g/mol. The molecule has 0 saturated carbocycles. The van der Waals surface area contributed by atoms with E-state index in [0.717, 1.165) is 38.5 Å². The molecule has 4 N–H and O–H groups in total. The Morgan fingerprint density at radius 1 is 0.654 bits per heavy atom. The maximum atomic E-state index is 9.75. The van der Waals surface area contributed by atoms with Gasteiger partial charge in [0.05, 0.1) is 12.2 Å². The van der Waals surface area contributed by atoms with Gasteiger partial charge in [0.2, 0.25) is 12.6 Å². The fraction of sp³-hybridized carbons (Fsp3) is 0.778. The number of hydrogen-bond acceptors (Lipinski definition) is 8. The van der Waals surface area contributed by atoms with Crippen molar-refractivity contribution in [3.8, 4) is 0 Å². The Bertz CT molecular complexity index is 327. The fourth-order valence-electron chi connectivity index (χ4n) is 2.12. The molecule has 0 aliphatic carbocycles. The van der Waals surface area contributed by atoms with Crippen LogP contribution < -0.4 is 0 Å². The van der Waals surface area contributed by atoms with Crippen molar-refractivity contribution in [1.29, 1.82) is 0 Å². The summed E-state index contributed by atoms with van der Waals surface area (Å²) in [5.74, 6) is 0. The maximum Gasteiger partial charge on any atom is 0.242 e. The molecule has 0 rings (SSSR count). The molecule has 0 aliphatic rings. The van der Waals surface area contributed by atoms with Crippen LogP contribution in [0.25, 0.3) is 0 Å². The highest BCUT2D eigenvalue weighted by molar-refractivity contribution is 4.92. The van der Waals surface area contributed by atoms with E-state index in [9.17, 15) is 10.2 Å². The zero-order valence-corrected chi connectivity index (χ0v) is 15.7. The molecule has 0 aromatic carbocycles. The Kier molecular flexibility index (Phi) is 17.0. The van der Waals surface area contributed by atoms with Gasteiger partial charge >= 0.3 is 0 Å². The molecule has 8 heteroatoms. The molecule has 0 amide bonds. The average molecular weight is 378 g/mol. The molecule has 26 heavy (non-hydrogen) atoms. The highest BCUT2D eigenvalue weighted by atomic mass is 17.3. The SMILES string of the molecule is CCCCCC(O)C=CC(OO)OOC(C=CC(O)CCCCC)OO. The normalized spacial score (nSPS) is 17.0. The predicted molar refractivity (Wildman–Crippen MR) is 95.8 cm³/mol. The summed E-state index contributed by atoms with van der Waals surface area (Å²) >= 11 is 0. The van der Waals surface area contributed by atoms with Crippen LogP contribution in [-0.4, -0.2) is 45.5 Å². The van der Waals surface area contributed by atoms with E-state index >= 15 is 0 Å². The molecule has 0 aromatic heterocycles. The minimum Gasteiger partial charge on any atom is -0.389 e. The first-order valence-corrected chi connectivity index (χ1v) is 9.22. The third kappa shape index (κ3) is 14.3. The number of hydrogen-bond donors (Lipinski definition) is 4. The highest BCUT2D eigenvalue weighted by Gasteiger charge is 2.13. The molecule has 0 bridgehead atoms. The van der Waals surface area contributed by atoms with E-state index in [0.29, 0.717) is 12.8 Å². The van der Waals surface area contributed by atoms with Crippen molar-refractivity contribution in [3.05, 3.63) is 24.3 Å². The molecule has 0 spiro atoms. The van der Waals surface area contributed by atoms with Crippen LogP contribution in [0.15, 0.2) is 24.3 Å². The standard InChI is InChI=1S/C18H34O8/c1-3-5-7-9-15(19)11-13-17(23-21)25-26-18(24-22)14-12-16(20)10-8-6-4-2/h11-22H,3-10H2,1-2H3. The van der Waals surface area contributed by atoms with Crippen molar-refractivity contribution in [1.82, 2.24) is 0 Å². The summed E-state index contributed by atoms with van der Waals surface area (Å²) < 4.78 is 0. The van der Waals surface area contributed by atoms with Gasteiger partial charge in [0, 0.05) is 0 Å². The second-order valence-corrected chi connectivity index (χ2v) is 6.04. The van der Waals surface area contributed by atoms with E-state index in [-0.39, 0.29) is 0 Å². The molecule has 0 radical (unpaired) electrons. The highest BCUT2D eigenvalue weighted by Crippen LogP contribution is 2.09. The van der Waals surface area contributed by atoms with Gasteiger partial charge in [-0.3, -0.25) is 0 Å². The van der Waals surface area contributed by atoms with E-state index in [2.05, 4.69) is 23.6 Å². The van der Waals surface area contributed by atoms with Crippen LogP contribution in [-0.2, 0) is 19.6 Å². The Morgan fingerprint density at radius 3 is 1.35 bits per heavy atom. The lowest BCUT2D eigenvalue weighted by molar-refractivity contribution is -0.490. The smallest absolute Gasteiger partial charge is 0.242 e. The molecule has 0 heterocycles. The minimum absolute atomic E-state index is 0.588.